The first kappa shape index (κ1) is 17.6. The van der Waals surface area contributed by atoms with Crippen LogP contribution in [0.1, 0.15) is 19.8 Å². The number of esters is 1. The third-order valence-corrected chi connectivity index (χ3v) is 2.37. The van der Waals surface area contributed by atoms with E-state index in [1.165, 1.54) is 7.11 Å². The average molecular weight is 272 g/mol. The van der Waals surface area contributed by atoms with Gasteiger partial charge < -0.3 is 20.1 Å². The molecule has 0 saturated heterocycles. The maximum Gasteiger partial charge on any atom is 0.307 e. The smallest absolute Gasteiger partial charge is 0.307 e. The van der Waals surface area contributed by atoms with E-state index in [0.717, 1.165) is 6.42 Å². The van der Waals surface area contributed by atoms with Crippen molar-refractivity contribution in [1.82, 2.24) is 10.6 Å². The number of allylic oxidation sites excluding steroid dienone is 1. The maximum atomic E-state index is 11.6. The molecule has 0 aromatic rings. The summed E-state index contributed by atoms with van der Waals surface area (Å²) in [7, 11) is 2.97. The highest BCUT2D eigenvalue weighted by molar-refractivity contribution is 5.79. The minimum Gasteiger partial charge on any atom is -0.469 e. The maximum absolute atomic E-state index is 11.6. The van der Waals surface area contributed by atoms with E-state index < -0.39 is 0 Å². The molecule has 6 heteroatoms. The van der Waals surface area contributed by atoms with Gasteiger partial charge >= 0.3 is 5.97 Å². The molecule has 0 saturated carbocycles. The molecule has 0 aromatic heterocycles. The Labute approximate surface area is 114 Å². The molecule has 6 nitrogen and oxygen atoms in total. The number of ether oxygens (including phenoxy) is 2. The predicted octanol–water partition coefficient (Wildman–Crippen LogP) is 0.237. The number of carbonyl (C=O) groups excluding carboxylic acids is 2. The van der Waals surface area contributed by atoms with Crippen LogP contribution >= 0.6 is 0 Å². The fraction of sp³-hybridized carbons (Fsp3) is 0.692. The lowest BCUT2D eigenvalue weighted by Gasteiger charge is -2.14. The summed E-state index contributed by atoms with van der Waals surface area (Å²) in [6, 6.07) is -0.328. The summed E-state index contributed by atoms with van der Waals surface area (Å²) in [6.07, 6.45) is 4.54. The Morgan fingerprint density at radius 3 is 2.63 bits per heavy atom. The van der Waals surface area contributed by atoms with Gasteiger partial charge in [0, 0.05) is 13.7 Å². The quantitative estimate of drug-likeness (QED) is 0.338. The second-order valence-electron chi connectivity index (χ2n) is 4.00. The molecule has 0 rings (SSSR count). The molecule has 1 amide bonds. The van der Waals surface area contributed by atoms with Crippen LogP contribution in [0.25, 0.3) is 0 Å². The number of hydrogen-bond acceptors (Lipinski definition) is 5. The van der Waals surface area contributed by atoms with Crippen LogP contribution in [0.5, 0.6) is 0 Å². The Kier molecular flexibility index (Phi) is 10.8. The number of nitrogens with one attached hydrogen (secondary N) is 2. The van der Waals surface area contributed by atoms with Crippen LogP contribution in [-0.4, -0.2) is 51.8 Å². The molecule has 0 aliphatic heterocycles. The second-order valence-corrected chi connectivity index (χ2v) is 4.00. The molecule has 0 spiro atoms. The van der Waals surface area contributed by atoms with Crippen LogP contribution in [0.15, 0.2) is 12.2 Å². The molecule has 1 atom stereocenters. The van der Waals surface area contributed by atoms with Crippen molar-refractivity contribution < 1.29 is 19.1 Å². The first-order valence-electron chi connectivity index (χ1n) is 6.32. The molecular formula is C13H24N2O4. The molecule has 19 heavy (non-hydrogen) atoms. The van der Waals surface area contributed by atoms with E-state index in [-0.39, 0.29) is 30.9 Å². The fourth-order valence-corrected chi connectivity index (χ4v) is 1.46. The van der Waals surface area contributed by atoms with Crippen LogP contribution in [0.3, 0.4) is 0 Å². The van der Waals surface area contributed by atoms with Crippen LogP contribution in [0.2, 0.25) is 0 Å². The van der Waals surface area contributed by atoms with E-state index in [1.807, 2.05) is 6.92 Å². The van der Waals surface area contributed by atoms with Crippen molar-refractivity contribution in [3.63, 3.8) is 0 Å². The van der Waals surface area contributed by atoms with Crippen LogP contribution in [0, 0.1) is 0 Å². The molecule has 2 N–H and O–H groups in total. The van der Waals surface area contributed by atoms with Gasteiger partial charge in [0.2, 0.25) is 5.91 Å². The molecule has 0 radical (unpaired) electrons. The normalized spacial score (nSPS) is 12.4. The highest BCUT2D eigenvalue weighted by Gasteiger charge is 2.13. The minimum atomic E-state index is -0.351. The number of amides is 1. The lowest BCUT2D eigenvalue weighted by Crippen LogP contribution is -2.41. The zero-order valence-electron chi connectivity index (χ0n) is 11.9. The second kappa shape index (κ2) is 11.7. The first-order valence-corrected chi connectivity index (χ1v) is 6.32. The zero-order chi connectivity index (χ0) is 14.5. The van der Waals surface area contributed by atoms with Gasteiger partial charge in [0.05, 0.1) is 26.1 Å². The molecule has 0 bridgehead atoms. The molecule has 0 aliphatic rings. The third kappa shape index (κ3) is 10.2. The Hall–Kier alpha value is -1.40. The van der Waals surface area contributed by atoms with E-state index in [4.69, 9.17) is 4.74 Å². The molecule has 110 valence electrons. The first-order chi connectivity index (χ1) is 9.13. The number of rotatable bonds is 10. The summed E-state index contributed by atoms with van der Waals surface area (Å²) in [5.74, 6) is -0.499. The van der Waals surface area contributed by atoms with E-state index in [0.29, 0.717) is 13.2 Å². The molecule has 0 aromatic carbocycles. The summed E-state index contributed by atoms with van der Waals surface area (Å²) < 4.78 is 9.48. The Morgan fingerprint density at radius 2 is 2.05 bits per heavy atom. The van der Waals surface area contributed by atoms with Gasteiger partial charge in [-0.1, -0.05) is 12.2 Å². The van der Waals surface area contributed by atoms with Crippen molar-refractivity contribution in [2.75, 3.05) is 33.9 Å². The zero-order valence-corrected chi connectivity index (χ0v) is 11.9. The van der Waals surface area contributed by atoms with Crippen LogP contribution in [0.4, 0.5) is 0 Å². The fourth-order valence-electron chi connectivity index (χ4n) is 1.46. The lowest BCUT2D eigenvalue weighted by molar-refractivity contribution is -0.141. The summed E-state index contributed by atoms with van der Waals surface area (Å²) in [6.45, 7) is 3.43. The number of hydrogen-bond donors (Lipinski definition) is 2. The summed E-state index contributed by atoms with van der Waals surface area (Å²) in [5.41, 5.74) is 0. The molecular weight excluding hydrogens is 248 g/mol. The Bertz CT molecular complexity index is 292. The van der Waals surface area contributed by atoms with E-state index in [2.05, 4.69) is 15.4 Å². The van der Waals surface area contributed by atoms with Crippen molar-refractivity contribution in [3.05, 3.63) is 12.2 Å². The summed E-state index contributed by atoms with van der Waals surface area (Å²) >= 11 is 0. The van der Waals surface area contributed by atoms with Gasteiger partial charge in [-0.3, -0.25) is 9.59 Å². The van der Waals surface area contributed by atoms with Crippen molar-refractivity contribution in [1.29, 1.82) is 0 Å². The Balaban J connectivity index is 3.93. The van der Waals surface area contributed by atoms with Crippen molar-refractivity contribution >= 4 is 11.9 Å². The van der Waals surface area contributed by atoms with Gasteiger partial charge in [-0.2, -0.15) is 0 Å². The van der Waals surface area contributed by atoms with Gasteiger partial charge in [0.25, 0.3) is 0 Å². The third-order valence-electron chi connectivity index (χ3n) is 2.37. The monoisotopic (exact) mass is 272 g/mol. The van der Waals surface area contributed by atoms with Crippen molar-refractivity contribution in [2.24, 2.45) is 0 Å². The minimum absolute atomic E-state index is 0.135. The highest BCUT2D eigenvalue weighted by atomic mass is 16.5. The van der Waals surface area contributed by atoms with Gasteiger partial charge in [0.1, 0.15) is 0 Å². The largest absolute Gasteiger partial charge is 0.469 e. The van der Waals surface area contributed by atoms with Crippen LogP contribution in [-0.2, 0) is 19.1 Å². The summed E-state index contributed by atoms with van der Waals surface area (Å²) in [5, 5.41) is 5.76. The molecule has 0 aliphatic carbocycles. The molecule has 0 unspecified atom stereocenters. The molecule has 0 heterocycles. The standard InChI is InChI=1S/C13H24N2O4/c1-4-6-11(9-13(17)19-3)15-12(16)10-14-7-5-8-18-2/h4,6,11,14H,5,7-10H2,1-3H3,(H,15,16)/b6-4+/t11-/m1/s1. The van der Waals surface area contributed by atoms with Gasteiger partial charge in [-0.15, -0.1) is 0 Å². The van der Waals surface area contributed by atoms with Crippen LogP contribution < -0.4 is 10.6 Å². The molecule has 0 fully saturated rings. The topological polar surface area (TPSA) is 76.7 Å². The lowest BCUT2D eigenvalue weighted by atomic mass is 10.2. The van der Waals surface area contributed by atoms with Gasteiger partial charge in [0.15, 0.2) is 0 Å². The van der Waals surface area contributed by atoms with E-state index >= 15 is 0 Å². The average Bonchev–Trinajstić information content (AvgIpc) is 2.38. The van der Waals surface area contributed by atoms with Gasteiger partial charge in [-0.05, 0) is 19.9 Å². The van der Waals surface area contributed by atoms with Crippen molar-refractivity contribution in [2.45, 2.75) is 25.8 Å². The highest BCUT2D eigenvalue weighted by Crippen LogP contribution is 1.96. The van der Waals surface area contributed by atoms with E-state index in [9.17, 15) is 9.59 Å². The van der Waals surface area contributed by atoms with Crippen molar-refractivity contribution in [3.8, 4) is 0 Å². The number of carbonyl (C=O) groups is 2. The Morgan fingerprint density at radius 1 is 1.32 bits per heavy atom. The van der Waals surface area contributed by atoms with E-state index in [1.54, 1.807) is 19.3 Å². The SMILES string of the molecule is C/C=C/[C@H](CC(=O)OC)NC(=O)CNCCCOC. The summed E-state index contributed by atoms with van der Waals surface area (Å²) in [4.78, 5) is 22.8. The van der Waals surface area contributed by atoms with Gasteiger partial charge in [-0.25, -0.2) is 0 Å². The predicted molar refractivity (Wildman–Crippen MR) is 72.7 cm³/mol. The number of methoxy groups -OCH3 is 2.